The van der Waals surface area contributed by atoms with Gasteiger partial charge < -0.3 is 34.7 Å². The van der Waals surface area contributed by atoms with Crippen LogP contribution >= 0.6 is 7.67 Å². The van der Waals surface area contributed by atoms with E-state index >= 15 is 0 Å². The molecule has 3 rings (SSSR count). The highest BCUT2D eigenvalue weighted by molar-refractivity contribution is 7.54. The van der Waals surface area contributed by atoms with Gasteiger partial charge in [0, 0.05) is 6.04 Å². The van der Waals surface area contributed by atoms with Gasteiger partial charge in [-0.2, -0.15) is 9.97 Å². The van der Waals surface area contributed by atoms with Crippen LogP contribution in [-0.2, 0) is 23.4 Å². The fourth-order valence-electron chi connectivity index (χ4n) is 3.94. The Morgan fingerprint density at radius 1 is 1.41 bits per heavy atom. The van der Waals surface area contributed by atoms with Crippen molar-refractivity contribution in [2.45, 2.75) is 77.2 Å². The molecule has 1 unspecified atom stereocenters. The van der Waals surface area contributed by atoms with E-state index in [9.17, 15) is 19.6 Å². The van der Waals surface area contributed by atoms with Gasteiger partial charge in [-0.05, 0) is 41.5 Å². The summed E-state index contributed by atoms with van der Waals surface area (Å²) in [7, 11) is -2.47. The topological polar surface area (TPSA) is 205 Å². The van der Waals surface area contributed by atoms with Gasteiger partial charge in [0.1, 0.15) is 23.3 Å². The molecule has 37 heavy (non-hydrogen) atoms. The van der Waals surface area contributed by atoms with Gasteiger partial charge in [-0.25, -0.2) is 15.2 Å². The predicted octanol–water partition coefficient (Wildman–Crippen LogP) is 0.480. The zero-order valence-corrected chi connectivity index (χ0v) is 22.9. The number of carbonyl (C=O) groups excluding carboxylic acids is 1. The number of nitrogens with one attached hydrogen (secondary N) is 2. The highest BCUT2D eigenvalue weighted by atomic mass is 31.2. The van der Waals surface area contributed by atoms with Crippen LogP contribution in [0.25, 0.3) is 11.2 Å². The summed E-state index contributed by atoms with van der Waals surface area (Å²) in [6.07, 6.45) is -2.39. The van der Waals surface area contributed by atoms with Gasteiger partial charge in [-0.3, -0.25) is 13.9 Å². The van der Waals surface area contributed by atoms with Gasteiger partial charge in [0.25, 0.3) is 0 Å². The maximum Gasteiger partial charge on any atom is 0.342 e. The van der Waals surface area contributed by atoms with Crippen LogP contribution in [0.5, 0.6) is 5.88 Å². The monoisotopic (exact) mass is 545 g/mol. The molecule has 5 atom stereocenters. The Morgan fingerprint density at radius 2 is 2.08 bits per heavy atom. The van der Waals surface area contributed by atoms with Crippen molar-refractivity contribution in [3.8, 4) is 5.88 Å². The van der Waals surface area contributed by atoms with Crippen LogP contribution < -0.4 is 20.6 Å². The number of methoxy groups -OCH3 is 1. The minimum atomic E-state index is -3.88. The maximum absolute atomic E-state index is 13.7. The Balaban J connectivity index is 1.84. The molecule has 0 radical (unpaired) electrons. The molecule has 6 N–H and O–H groups in total. The number of anilines is 1. The van der Waals surface area contributed by atoms with Crippen LogP contribution in [-0.4, -0.2) is 85.4 Å². The van der Waals surface area contributed by atoms with Crippen molar-refractivity contribution in [3.63, 3.8) is 0 Å². The molecule has 0 aromatic carbocycles. The van der Waals surface area contributed by atoms with Crippen molar-refractivity contribution in [3.05, 3.63) is 6.33 Å². The van der Waals surface area contributed by atoms with Crippen molar-refractivity contribution in [1.29, 1.82) is 0 Å². The van der Waals surface area contributed by atoms with Crippen molar-refractivity contribution in [2.24, 2.45) is 0 Å². The highest BCUT2D eigenvalue weighted by Crippen LogP contribution is 2.45. The molecule has 0 saturated carbocycles. The molecule has 1 saturated heterocycles. The molecule has 0 spiro atoms. The Kier molecular flexibility index (Phi) is 8.49. The second kappa shape index (κ2) is 10.8. The number of aliphatic hydroxyl groups is 2. The number of aromatic nitrogens is 4. The smallest absolute Gasteiger partial charge is 0.342 e. The molecule has 2 aromatic heterocycles. The van der Waals surface area contributed by atoms with Gasteiger partial charge in [0.05, 0.1) is 26.7 Å². The van der Waals surface area contributed by atoms with Gasteiger partial charge in [-0.1, -0.05) is 0 Å². The van der Waals surface area contributed by atoms with Crippen LogP contribution in [0.2, 0.25) is 0 Å². The number of nitrogens with zero attached hydrogens (tertiary/aromatic N) is 4. The molecule has 1 fully saturated rings. The first-order valence-corrected chi connectivity index (χ1v) is 13.4. The average Bonchev–Trinajstić information content (AvgIpc) is 3.29. The summed E-state index contributed by atoms with van der Waals surface area (Å²) in [6, 6.07) is -0.293. The van der Waals surface area contributed by atoms with E-state index in [1.807, 2.05) is 0 Å². The van der Waals surface area contributed by atoms with Crippen molar-refractivity contribution < 1.29 is 38.3 Å². The molecule has 1 aliphatic rings. The Hall–Kier alpha value is -2.39. The van der Waals surface area contributed by atoms with Crippen LogP contribution in [0.4, 0.5) is 5.95 Å². The molecule has 16 heteroatoms. The zero-order valence-electron chi connectivity index (χ0n) is 22.0. The third kappa shape index (κ3) is 6.03. The Labute approximate surface area is 214 Å². The number of nitrogen functional groups attached to an aromatic ring is 1. The van der Waals surface area contributed by atoms with E-state index in [2.05, 4.69) is 25.1 Å². The van der Waals surface area contributed by atoms with E-state index in [1.54, 1.807) is 20.8 Å². The first-order valence-electron chi connectivity index (χ1n) is 11.7. The minimum Gasteiger partial charge on any atom is -0.479 e. The Morgan fingerprint density at radius 3 is 2.68 bits per heavy atom. The Bertz CT molecular complexity index is 1170. The third-order valence-electron chi connectivity index (χ3n) is 5.67. The van der Waals surface area contributed by atoms with Crippen LogP contribution in [0.3, 0.4) is 0 Å². The molecular formula is C21H36N7O8P. The fourth-order valence-corrected chi connectivity index (χ4v) is 6.01. The van der Waals surface area contributed by atoms with Crippen molar-refractivity contribution in [1.82, 2.24) is 29.7 Å². The SMILES string of the molecule is CCOC(=O)C(C)(C)NP(=O)(NC(C)C)OC[C@H]1O[C@@H](n2cnc3c(OC)nc(N)nc32)[C@](C)(O)[C@@H]1O. The van der Waals surface area contributed by atoms with E-state index in [1.165, 1.54) is 38.8 Å². The number of hydrogen-bond acceptors (Lipinski definition) is 12. The van der Waals surface area contributed by atoms with E-state index in [0.29, 0.717) is 0 Å². The molecule has 208 valence electrons. The zero-order chi connectivity index (χ0) is 27.8. The van der Waals surface area contributed by atoms with Crippen molar-refractivity contribution in [2.75, 3.05) is 26.1 Å². The standard InChI is InChI=1S/C21H36N7O8P/c1-8-34-18(30)20(4,5)27-37(32,26-11(2)3)35-9-12-14(29)21(6,31)17(36-12)28-10-23-13-15(28)24-19(22)25-16(13)33-7/h10-12,14,17,29,31H,8-9H2,1-7H3,(H2,22,24,25)(H2,26,27,32)/t12-,14-,17-,21-,37?/m1/s1. The number of carbonyl (C=O) groups is 1. The van der Waals surface area contributed by atoms with Crippen LogP contribution in [0.1, 0.15) is 47.8 Å². The molecule has 0 bridgehead atoms. The summed E-state index contributed by atoms with van der Waals surface area (Å²) in [5.74, 6) is -0.566. The number of rotatable bonds is 11. The predicted molar refractivity (Wildman–Crippen MR) is 133 cm³/mol. The lowest BCUT2D eigenvalue weighted by Crippen LogP contribution is -2.49. The fraction of sp³-hybridized carbons (Fsp3) is 0.714. The molecule has 2 aromatic rings. The first-order chi connectivity index (χ1) is 17.1. The summed E-state index contributed by atoms with van der Waals surface area (Å²) < 4.78 is 37.0. The highest BCUT2D eigenvalue weighted by Gasteiger charge is 2.54. The van der Waals surface area contributed by atoms with Gasteiger partial charge in [0.2, 0.25) is 11.8 Å². The van der Waals surface area contributed by atoms with Gasteiger partial charge in [0.15, 0.2) is 17.4 Å². The minimum absolute atomic E-state index is 0.0832. The number of hydrogen-bond donors (Lipinski definition) is 5. The molecule has 1 aliphatic heterocycles. The lowest BCUT2D eigenvalue weighted by molar-refractivity contribution is -0.149. The summed E-state index contributed by atoms with van der Waals surface area (Å²) in [5.41, 5.74) is 3.09. The van der Waals surface area contributed by atoms with E-state index < -0.39 is 49.8 Å². The lowest BCUT2D eigenvalue weighted by Gasteiger charge is -2.31. The number of esters is 1. The molecule has 3 heterocycles. The number of nitrogens with two attached hydrogens (primary N) is 1. The second-order valence-corrected chi connectivity index (χ2v) is 11.5. The molecule has 0 amide bonds. The first kappa shape index (κ1) is 29.2. The van der Waals surface area contributed by atoms with Crippen molar-refractivity contribution >= 4 is 30.8 Å². The van der Waals surface area contributed by atoms with E-state index in [-0.39, 0.29) is 35.6 Å². The summed E-state index contributed by atoms with van der Waals surface area (Å²) in [4.78, 5) is 24.7. The number of imidazole rings is 1. The quantitative estimate of drug-likeness (QED) is 0.192. The average molecular weight is 546 g/mol. The third-order valence-corrected chi connectivity index (χ3v) is 7.89. The normalized spacial score (nSPS) is 25.9. The largest absolute Gasteiger partial charge is 0.479 e. The molecule has 15 nitrogen and oxygen atoms in total. The number of aliphatic hydroxyl groups excluding tert-OH is 1. The van der Waals surface area contributed by atoms with Gasteiger partial charge >= 0.3 is 13.6 Å². The molecule has 0 aliphatic carbocycles. The maximum atomic E-state index is 13.7. The lowest BCUT2D eigenvalue weighted by atomic mass is 9.96. The van der Waals surface area contributed by atoms with Gasteiger partial charge in [-0.15, -0.1) is 0 Å². The van der Waals surface area contributed by atoms with Crippen LogP contribution in [0.15, 0.2) is 6.33 Å². The summed E-state index contributed by atoms with van der Waals surface area (Å²) in [5, 5.41) is 27.6. The van der Waals surface area contributed by atoms with E-state index in [0.717, 1.165) is 0 Å². The number of ether oxygens (including phenoxy) is 3. The van der Waals surface area contributed by atoms with Crippen LogP contribution in [0, 0.1) is 0 Å². The summed E-state index contributed by atoms with van der Waals surface area (Å²) >= 11 is 0. The molecular weight excluding hydrogens is 509 g/mol. The number of fused-ring (bicyclic) bond motifs is 1. The van der Waals surface area contributed by atoms with E-state index in [4.69, 9.17) is 24.5 Å². The summed E-state index contributed by atoms with van der Waals surface area (Å²) in [6.45, 7) is 9.32. The second-order valence-electron chi connectivity index (χ2n) is 9.70.